The van der Waals surface area contributed by atoms with Crippen molar-refractivity contribution in [3.63, 3.8) is 0 Å². The van der Waals surface area contributed by atoms with Gasteiger partial charge in [-0.05, 0) is 12.5 Å². The first kappa shape index (κ1) is 9.43. The van der Waals surface area contributed by atoms with Crippen LogP contribution in [0, 0.1) is 6.92 Å². The summed E-state index contributed by atoms with van der Waals surface area (Å²) < 4.78 is 1.87. The average molecular weight is 212 g/mol. The maximum absolute atomic E-state index is 8.86. The van der Waals surface area contributed by atoms with Gasteiger partial charge >= 0.3 is 0 Å². The average Bonchev–Trinajstić information content (AvgIpc) is 2.46. The molecule has 0 aliphatic rings. The van der Waals surface area contributed by atoms with Gasteiger partial charge in [-0.3, -0.25) is 0 Å². The van der Waals surface area contributed by atoms with Gasteiger partial charge in [0.25, 0.3) is 0 Å². The van der Waals surface area contributed by atoms with Crippen molar-refractivity contribution >= 4 is 22.6 Å². The van der Waals surface area contributed by atoms with Crippen LogP contribution in [0.2, 0.25) is 5.15 Å². The molecule has 2 heterocycles. The molecule has 4 nitrogen and oxygen atoms in total. The molecule has 0 saturated carbocycles. The summed E-state index contributed by atoms with van der Waals surface area (Å²) in [5.41, 5.74) is 1.80. The Kier molecular flexibility index (Phi) is 2.39. The van der Waals surface area contributed by atoms with Crippen LogP contribution in [0.25, 0.3) is 11.0 Å². The van der Waals surface area contributed by atoms with E-state index in [4.69, 9.17) is 16.7 Å². The molecule has 0 spiro atoms. The number of aliphatic hydroxyl groups excluding tert-OH is 1. The lowest BCUT2D eigenvalue weighted by atomic mass is 10.3. The van der Waals surface area contributed by atoms with Gasteiger partial charge < -0.3 is 9.67 Å². The second-order valence-corrected chi connectivity index (χ2v) is 3.45. The van der Waals surface area contributed by atoms with Crippen molar-refractivity contribution in [3.05, 3.63) is 23.2 Å². The van der Waals surface area contributed by atoms with E-state index in [-0.39, 0.29) is 6.61 Å². The number of halogens is 1. The topological polar surface area (TPSA) is 50.9 Å². The Balaban J connectivity index is 2.71. The summed E-state index contributed by atoms with van der Waals surface area (Å²) in [4.78, 5) is 8.06. The van der Waals surface area contributed by atoms with Crippen molar-refractivity contribution in [2.75, 3.05) is 6.61 Å². The Morgan fingerprint density at radius 2 is 2.29 bits per heavy atom. The Bertz CT molecular complexity index is 466. The molecule has 0 saturated heterocycles. The fourth-order valence-corrected chi connectivity index (χ4v) is 1.83. The van der Waals surface area contributed by atoms with Crippen LogP contribution in [-0.2, 0) is 6.54 Å². The smallest absolute Gasteiger partial charge is 0.145 e. The van der Waals surface area contributed by atoms with E-state index < -0.39 is 0 Å². The molecule has 5 heteroatoms. The molecule has 2 aromatic rings. The standard InChI is InChI=1S/C9H10ClN3O/c1-6-4-13(2-3-14)9-7(6)8(10)11-5-12-9/h4-5,14H,2-3H2,1H3. The number of rotatable bonds is 2. The van der Waals surface area contributed by atoms with Gasteiger partial charge in [-0.1, -0.05) is 11.6 Å². The molecular formula is C9H10ClN3O. The Labute approximate surface area is 86.2 Å². The van der Waals surface area contributed by atoms with Crippen LogP contribution in [0.4, 0.5) is 0 Å². The van der Waals surface area contributed by atoms with E-state index in [1.807, 2.05) is 17.7 Å². The zero-order chi connectivity index (χ0) is 10.1. The van der Waals surface area contributed by atoms with Crippen LogP contribution in [-0.4, -0.2) is 26.2 Å². The van der Waals surface area contributed by atoms with Crippen molar-refractivity contribution in [2.24, 2.45) is 0 Å². The van der Waals surface area contributed by atoms with E-state index in [9.17, 15) is 0 Å². The van der Waals surface area contributed by atoms with E-state index in [0.29, 0.717) is 11.7 Å². The first-order valence-corrected chi connectivity index (χ1v) is 4.68. The van der Waals surface area contributed by atoms with Gasteiger partial charge in [-0.25, -0.2) is 9.97 Å². The van der Waals surface area contributed by atoms with Crippen LogP contribution >= 0.6 is 11.6 Å². The minimum Gasteiger partial charge on any atom is -0.395 e. The highest BCUT2D eigenvalue weighted by atomic mass is 35.5. The summed E-state index contributed by atoms with van der Waals surface area (Å²) in [6.07, 6.45) is 3.35. The van der Waals surface area contributed by atoms with E-state index in [0.717, 1.165) is 16.6 Å². The Hall–Kier alpha value is -1.13. The Morgan fingerprint density at radius 3 is 3.00 bits per heavy atom. The number of aromatic nitrogens is 3. The third kappa shape index (κ3) is 1.36. The van der Waals surface area contributed by atoms with Crippen molar-refractivity contribution in [1.82, 2.24) is 14.5 Å². The third-order valence-electron chi connectivity index (χ3n) is 2.14. The molecule has 0 aliphatic heterocycles. The largest absolute Gasteiger partial charge is 0.395 e. The van der Waals surface area contributed by atoms with Crippen LogP contribution in [0.15, 0.2) is 12.5 Å². The van der Waals surface area contributed by atoms with Crippen LogP contribution < -0.4 is 0 Å². The molecule has 2 rings (SSSR count). The lowest BCUT2D eigenvalue weighted by Crippen LogP contribution is -2.01. The number of hydrogen-bond acceptors (Lipinski definition) is 3. The number of aryl methyl sites for hydroxylation is 1. The van der Waals surface area contributed by atoms with E-state index in [1.165, 1.54) is 6.33 Å². The summed E-state index contributed by atoms with van der Waals surface area (Å²) >= 11 is 5.95. The van der Waals surface area contributed by atoms with Crippen molar-refractivity contribution in [1.29, 1.82) is 0 Å². The predicted octanol–water partition coefficient (Wildman–Crippen LogP) is 1.39. The monoisotopic (exact) mass is 211 g/mol. The SMILES string of the molecule is Cc1cn(CCO)c2ncnc(Cl)c12. The molecule has 1 N–H and O–H groups in total. The zero-order valence-electron chi connectivity index (χ0n) is 7.74. The quantitative estimate of drug-likeness (QED) is 0.764. The molecule has 2 aromatic heterocycles. The highest BCUT2D eigenvalue weighted by Gasteiger charge is 2.09. The number of nitrogens with zero attached hydrogens (tertiary/aromatic N) is 3. The number of hydrogen-bond donors (Lipinski definition) is 1. The van der Waals surface area contributed by atoms with Gasteiger partial charge in [-0.2, -0.15) is 0 Å². The van der Waals surface area contributed by atoms with Crippen LogP contribution in [0.5, 0.6) is 0 Å². The van der Waals surface area contributed by atoms with Gasteiger partial charge in [-0.15, -0.1) is 0 Å². The van der Waals surface area contributed by atoms with Crippen LogP contribution in [0.1, 0.15) is 5.56 Å². The normalized spacial score (nSPS) is 11.1. The first-order valence-electron chi connectivity index (χ1n) is 4.31. The zero-order valence-corrected chi connectivity index (χ0v) is 8.49. The fraction of sp³-hybridized carbons (Fsp3) is 0.333. The summed E-state index contributed by atoms with van der Waals surface area (Å²) in [7, 11) is 0. The van der Waals surface area contributed by atoms with Gasteiger partial charge in [0.15, 0.2) is 0 Å². The summed E-state index contributed by atoms with van der Waals surface area (Å²) in [6, 6.07) is 0. The summed E-state index contributed by atoms with van der Waals surface area (Å²) in [5, 5.41) is 10.2. The minimum atomic E-state index is 0.0881. The van der Waals surface area contributed by atoms with Gasteiger partial charge in [0.2, 0.25) is 0 Å². The highest BCUT2D eigenvalue weighted by molar-refractivity contribution is 6.34. The first-order chi connectivity index (χ1) is 6.74. The second-order valence-electron chi connectivity index (χ2n) is 3.09. The minimum absolute atomic E-state index is 0.0881. The summed E-state index contributed by atoms with van der Waals surface area (Å²) in [5.74, 6) is 0. The van der Waals surface area contributed by atoms with Crippen molar-refractivity contribution < 1.29 is 5.11 Å². The van der Waals surface area contributed by atoms with E-state index in [1.54, 1.807) is 0 Å². The molecule has 14 heavy (non-hydrogen) atoms. The summed E-state index contributed by atoms with van der Waals surface area (Å²) in [6.45, 7) is 2.56. The fourth-order valence-electron chi connectivity index (χ4n) is 1.55. The van der Waals surface area contributed by atoms with Gasteiger partial charge in [0.05, 0.1) is 12.0 Å². The molecule has 0 unspecified atom stereocenters. The second kappa shape index (κ2) is 3.55. The number of aliphatic hydroxyl groups is 1. The molecule has 0 amide bonds. The molecule has 0 atom stereocenters. The highest BCUT2D eigenvalue weighted by Crippen LogP contribution is 2.24. The maximum atomic E-state index is 8.86. The molecule has 0 aliphatic carbocycles. The van der Waals surface area contributed by atoms with Gasteiger partial charge in [0.1, 0.15) is 17.1 Å². The van der Waals surface area contributed by atoms with E-state index >= 15 is 0 Å². The maximum Gasteiger partial charge on any atom is 0.145 e. The van der Waals surface area contributed by atoms with Crippen molar-refractivity contribution in [2.45, 2.75) is 13.5 Å². The molecule has 0 bridgehead atoms. The third-order valence-corrected chi connectivity index (χ3v) is 2.42. The van der Waals surface area contributed by atoms with E-state index in [2.05, 4.69) is 9.97 Å². The lowest BCUT2D eigenvalue weighted by Gasteiger charge is -2.00. The number of fused-ring (bicyclic) bond motifs is 1. The lowest BCUT2D eigenvalue weighted by molar-refractivity contribution is 0.278. The van der Waals surface area contributed by atoms with Crippen molar-refractivity contribution in [3.8, 4) is 0 Å². The molecule has 0 radical (unpaired) electrons. The van der Waals surface area contributed by atoms with Gasteiger partial charge in [0, 0.05) is 12.7 Å². The Morgan fingerprint density at radius 1 is 1.50 bits per heavy atom. The molecular weight excluding hydrogens is 202 g/mol. The predicted molar refractivity (Wildman–Crippen MR) is 54.4 cm³/mol. The molecule has 0 fully saturated rings. The van der Waals surface area contributed by atoms with Crippen LogP contribution in [0.3, 0.4) is 0 Å². The molecule has 0 aromatic carbocycles. The molecule has 74 valence electrons.